The second-order valence-electron chi connectivity index (χ2n) is 10.3. The fourth-order valence-electron chi connectivity index (χ4n) is 4.98. The van der Waals surface area contributed by atoms with Gasteiger partial charge in [0.1, 0.15) is 11.6 Å². The number of nitrogens with zero attached hydrogens (tertiary/aromatic N) is 3. The number of anilines is 2. The lowest BCUT2D eigenvalue weighted by Crippen LogP contribution is -2.47. The van der Waals surface area contributed by atoms with Gasteiger partial charge in [0.05, 0.1) is 16.6 Å². The highest BCUT2D eigenvalue weighted by Gasteiger charge is 2.34. The monoisotopic (exact) mass is 548 g/mol. The van der Waals surface area contributed by atoms with Crippen molar-refractivity contribution in [1.29, 1.82) is 0 Å². The number of fused-ring (bicyclic) bond motifs is 2. The molecule has 1 amide bonds. The van der Waals surface area contributed by atoms with Crippen molar-refractivity contribution in [2.24, 2.45) is 0 Å². The molecule has 1 fully saturated rings. The summed E-state index contributed by atoms with van der Waals surface area (Å²) in [5.41, 5.74) is 2.73. The van der Waals surface area contributed by atoms with Gasteiger partial charge in [-0.3, -0.25) is 14.2 Å². The molecule has 3 heterocycles. The van der Waals surface area contributed by atoms with E-state index in [1.165, 1.54) is 10.1 Å². The minimum atomic E-state index is -3.67. The van der Waals surface area contributed by atoms with Gasteiger partial charge in [-0.1, -0.05) is 32.0 Å². The number of aromatic nitrogens is 1. The first-order chi connectivity index (χ1) is 17.3. The highest BCUT2D eigenvalue weighted by Crippen LogP contribution is 2.41. The molecule has 2 N–H and O–H groups in total. The quantitative estimate of drug-likeness (QED) is 0.471. The Morgan fingerprint density at radius 2 is 1.84 bits per heavy atom. The summed E-state index contributed by atoms with van der Waals surface area (Å²) in [6, 6.07) is 10.4. The second kappa shape index (κ2) is 10.6. The Morgan fingerprint density at radius 3 is 2.51 bits per heavy atom. The predicted octanol–water partition coefficient (Wildman–Crippen LogP) is 4.23. The number of hydrogen-bond donors (Lipinski definition) is 2. The number of hydrogen-bond acceptors (Lipinski definition) is 7. The molecular weight excluding hydrogens is 515 g/mol. The zero-order valence-corrected chi connectivity index (χ0v) is 23.2. The van der Waals surface area contributed by atoms with Crippen molar-refractivity contribution >= 4 is 49.1 Å². The fraction of sp³-hybridized carbons (Fsp3) is 0.462. The van der Waals surface area contributed by atoms with Crippen LogP contribution in [0.2, 0.25) is 0 Å². The second-order valence-corrected chi connectivity index (χ2v) is 12.6. The van der Waals surface area contributed by atoms with Gasteiger partial charge >= 0.3 is 0 Å². The minimum absolute atomic E-state index is 0.0384. The van der Waals surface area contributed by atoms with E-state index < -0.39 is 10.1 Å². The van der Waals surface area contributed by atoms with Crippen LogP contribution in [0.25, 0.3) is 10.1 Å². The van der Waals surface area contributed by atoms with Crippen molar-refractivity contribution in [3.05, 3.63) is 52.8 Å². The maximum Gasteiger partial charge on any atom is 0.261 e. The molecule has 5 rings (SSSR count). The van der Waals surface area contributed by atoms with Crippen molar-refractivity contribution < 1.29 is 22.2 Å². The van der Waals surface area contributed by atoms with Crippen molar-refractivity contribution in [3.8, 4) is 0 Å². The zero-order chi connectivity index (χ0) is 27.0. The first-order valence-electron chi connectivity index (χ1n) is 12.2. The molecule has 3 aromatic rings. The third-order valence-corrected chi connectivity index (χ3v) is 7.71. The minimum Gasteiger partial charge on any atom is -0.353 e. The van der Waals surface area contributed by atoms with E-state index in [2.05, 4.69) is 57.6 Å². The largest absolute Gasteiger partial charge is 0.353 e. The highest BCUT2D eigenvalue weighted by molar-refractivity contribution is 7.85. The van der Waals surface area contributed by atoms with Crippen molar-refractivity contribution in [2.75, 3.05) is 49.2 Å². The Morgan fingerprint density at radius 1 is 1.19 bits per heavy atom. The van der Waals surface area contributed by atoms with Gasteiger partial charge in [-0.05, 0) is 48.1 Å². The molecular formula is C26H33FN4O4S2. The van der Waals surface area contributed by atoms with Gasteiger partial charge in [-0.25, -0.2) is 4.39 Å². The number of piperazine rings is 1. The zero-order valence-electron chi connectivity index (χ0n) is 21.5. The van der Waals surface area contributed by atoms with Gasteiger partial charge < -0.3 is 10.2 Å². The third kappa shape index (κ3) is 6.46. The number of halogens is 1. The average molecular weight is 549 g/mol. The van der Waals surface area contributed by atoms with Gasteiger partial charge in [0.2, 0.25) is 5.91 Å². The van der Waals surface area contributed by atoms with E-state index in [0.717, 1.165) is 49.7 Å². The highest BCUT2D eigenvalue weighted by atomic mass is 32.2. The summed E-state index contributed by atoms with van der Waals surface area (Å²) in [4.78, 5) is 16.8. The van der Waals surface area contributed by atoms with E-state index in [-0.39, 0.29) is 17.1 Å². The Kier molecular flexibility index (Phi) is 7.89. The average Bonchev–Trinajstić information content (AvgIpc) is 3.24. The lowest BCUT2D eigenvalue weighted by atomic mass is 9.76. The summed E-state index contributed by atoms with van der Waals surface area (Å²) in [6.07, 6.45) is 1.81. The summed E-state index contributed by atoms with van der Waals surface area (Å²) in [5, 5.41) is 4.12. The van der Waals surface area contributed by atoms with Crippen LogP contribution in [0.15, 0.2) is 30.3 Å². The van der Waals surface area contributed by atoms with Crippen LogP contribution in [-0.2, 0) is 26.7 Å². The molecule has 2 aliphatic rings. The maximum atomic E-state index is 15.1. The lowest BCUT2D eigenvalue weighted by molar-refractivity contribution is -0.117. The Balaban J connectivity index is 0.000000586. The molecule has 1 saturated heterocycles. The molecule has 0 atom stereocenters. The summed E-state index contributed by atoms with van der Waals surface area (Å²) in [5.74, 6) is 0.865. The van der Waals surface area contributed by atoms with Crippen LogP contribution in [0.1, 0.15) is 37.0 Å². The molecule has 1 aromatic heterocycles. The molecule has 8 nitrogen and oxygen atoms in total. The van der Waals surface area contributed by atoms with Crippen LogP contribution in [0.3, 0.4) is 0 Å². The molecule has 0 spiro atoms. The summed E-state index contributed by atoms with van der Waals surface area (Å²) in [6.45, 7) is 10.5. The molecule has 0 bridgehead atoms. The van der Waals surface area contributed by atoms with Crippen molar-refractivity contribution in [3.63, 3.8) is 0 Å². The van der Waals surface area contributed by atoms with Crippen molar-refractivity contribution in [1.82, 2.24) is 9.27 Å². The van der Waals surface area contributed by atoms with Crippen LogP contribution in [0.5, 0.6) is 0 Å². The topological polar surface area (TPSA) is 103 Å². The van der Waals surface area contributed by atoms with Gasteiger partial charge in [0, 0.05) is 55.5 Å². The fourth-order valence-corrected chi connectivity index (χ4v) is 5.78. The summed E-state index contributed by atoms with van der Waals surface area (Å²) < 4.78 is 46.9. The molecule has 11 heteroatoms. The Labute approximate surface area is 221 Å². The lowest BCUT2D eigenvalue weighted by Gasteiger charge is -2.36. The normalized spacial score (nSPS) is 17.7. The molecule has 0 radical (unpaired) electrons. The van der Waals surface area contributed by atoms with Crippen LogP contribution < -0.4 is 10.2 Å². The van der Waals surface area contributed by atoms with E-state index in [4.69, 9.17) is 4.55 Å². The van der Waals surface area contributed by atoms with Crippen LogP contribution in [0, 0.1) is 12.7 Å². The van der Waals surface area contributed by atoms with Gasteiger partial charge in [0.15, 0.2) is 0 Å². The summed E-state index contributed by atoms with van der Waals surface area (Å²) in [7, 11) is -3.67. The first-order valence-corrected chi connectivity index (χ1v) is 14.8. The molecule has 2 aliphatic heterocycles. The SMILES string of the molecule is CS(=O)(=O)O.Cc1c(F)c(CCN2CCN(c3nsc4ccccc34)CC2)cc2c1NC(=O)CC2(C)C. The number of nitrogens with one attached hydrogen (secondary N) is 1. The number of benzene rings is 2. The van der Waals surface area contributed by atoms with E-state index in [0.29, 0.717) is 30.3 Å². The molecule has 37 heavy (non-hydrogen) atoms. The number of amides is 1. The molecule has 2 aromatic carbocycles. The Hall–Kier alpha value is -2.60. The van der Waals surface area contributed by atoms with E-state index >= 15 is 4.39 Å². The smallest absolute Gasteiger partial charge is 0.261 e. The number of carbonyl (C=O) groups excluding carboxylic acids is 1. The molecule has 0 unspecified atom stereocenters. The maximum absolute atomic E-state index is 15.1. The van der Waals surface area contributed by atoms with E-state index in [9.17, 15) is 13.2 Å². The Bertz CT molecular complexity index is 1410. The van der Waals surface area contributed by atoms with Crippen LogP contribution in [0.4, 0.5) is 15.9 Å². The predicted molar refractivity (Wildman–Crippen MR) is 147 cm³/mol. The van der Waals surface area contributed by atoms with Crippen molar-refractivity contribution in [2.45, 2.75) is 39.0 Å². The van der Waals surface area contributed by atoms with Gasteiger partial charge in [-0.15, -0.1) is 0 Å². The summed E-state index contributed by atoms with van der Waals surface area (Å²) >= 11 is 1.56. The number of carbonyl (C=O) groups is 1. The molecule has 200 valence electrons. The van der Waals surface area contributed by atoms with E-state index in [1.807, 2.05) is 6.07 Å². The van der Waals surface area contributed by atoms with Crippen LogP contribution in [-0.4, -0.2) is 67.1 Å². The van der Waals surface area contributed by atoms with E-state index in [1.54, 1.807) is 18.5 Å². The first kappa shape index (κ1) is 27.4. The van der Waals surface area contributed by atoms with Gasteiger partial charge in [0.25, 0.3) is 10.1 Å². The van der Waals surface area contributed by atoms with Crippen LogP contribution >= 0.6 is 11.5 Å². The van der Waals surface area contributed by atoms with Gasteiger partial charge in [-0.2, -0.15) is 12.8 Å². The molecule has 0 saturated carbocycles. The number of rotatable bonds is 4. The molecule has 0 aliphatic carbocycles. The third-order valence-electron chi connectivity index (χ3n) is 6.90. The standard InChI is InChI=1S/C25H29FN4OS.CH4O3S/c1-16-22(26)17(14-19-23(16)27-21(31)15-25(19,2)3)8-9-29-10-12-30(13-11-29)24-18-6-4-5-7-20(18)32-28-24;1-5(2,3)4/h4-7,14H,8-13,15H2,1-3H3,(H,27,31);1H3,(H,2,3,4).